The minimum atomic E-state index is -3.00. The van der Waals surface area contributed by atoms with Gasteiger partial charge in [0.15, 0.2) is 17.2 Å². The average molecular weight is 399 g/mol. The van der Waals surface area contributed by atoms with E-state index in [-0.39, 0.29) is 11.6 Å². The van der Waals surface area contributed by atoms with Crippen LogP contribution < -0.4 is 20.5 Å². The first-order valence-electron chi connectivity index (χ1n) is 8.37. The van der Waals surface area contributed by atoms with E-state index in [4.69, 9.17) is 10.5 Å². The van der Waals surface area contributed by atoms with E-state index >= 15 is 0 Å². The van der Waals surface area contributed by atoms with Gasteiger partial charge in [-0.1, -0.05) is 6.07 Å². The lowest BCUT2D eigenvalue weighted by Crippen LogP contribution is -2.05. The molecule has 9 nitrogen and oxygen atoms in total. The maximum atomic E-state index is 12.6. The van der Waals surface area contributed by atoms with E-state index in [0.29, 0.717) is 34.4 Å². The van der Waals surface area contributed by atoms with Crippen molar-refractivity contribution in [3.63, 3.8) is 0 Å². The predicted octanol–water partition coefficient (Wildman–Crippen LogP) is 3.12. The van der Waals surface area contributed by atoms with Crippen LogP contribution in [-0.4, -0.2) is 38.3 Å². The third kappa shape index (κ3) is 3.98. The Kier molecular flexibility index (Phi) is 4.77. The van der Waals surface area contributed by atoms with Crippen molar-refractivity contribution in [2.75, 3.05) is 18.2 Å². The molecule has 3 N–H and O–H groups in total. The van der Waals surface area contributed by atoms with Crippen molar-refractivity contribution in [3.05, 3.63) is 48.8 Å². The largest absolute Gasteiger partial charge is 0.478 e. The topological polar surface area (TPSA) is 112 Å². The maximum absolute atomic E-state index is 12.6. The van der Waals surface area contributed by atoms with Gasteiger partial charge in [0.1, 0.15) is 11.6 Å². The molecule has 0 bridgehead atoms. The Hall–Kier alpha value is -4.02. The zero-order valence-corrected chi connectivity index (χ0v) is 15.1. The van der Waals surface area contributed by atoms with Crippen LogP contribution in [0, 0.1) is 0 Å². The number of halogens is 2. The van der Waals surface area contributed by atoms with Gasteiger partial charge in [-0.05, 0) is 24.3 Å². The first kappa shape index (κ1) is 18.3. The number of nitrogen functional groups attached to an aromatic ring is 1. The second-order valence-corrected chi connectivity index (χ2v) is 5.83. The van der Waals surface area contributed by atoms with E-state index in [2.05, 4.69) is 30.1 Å². The number of fused-ring (bicyclic) bond motifs is 1. The Morgan fingerprint density at radius 2 is 2.00 bits per heavy atom. The van der Waals surface area contributed by atoms with Crippen molar-refractivity contribution in [1.29, 1.82) is 0 Å². The molecule has 4 rings (SSSR count). The van der Waals surface area contributed by atoms with Crippen molar-refractivity contribution in [1.82, 2.24) is 24.6 Å². The molecular formula is C18H15F2N7O2. The van der Waals surface area contributed by atoms with Gasteiger partial charge in [-0.15, -0.1) is 5.10 Å². The number of alkyl halides is 2. The van der Waals surface area contributed by atoms with Crippen LogP contribution in [0.15, 0.2) is 48.8 Å². The summed E-state index contributed by atoms with van der Waals surface area (Å²) in [5.41, 5.74) is 7.19. The standard InChI is InChI=1S/C18H15F2N7O2/c1-28-17-12(29-18(19)20)7-10(9-22-17)11-5-6-27-16(23-11)8-15(26-27)25-14-4-2-3-13(21)24-14/h2-9,18H,1H3,(H3,21,24,25,26). The maximum Gasteiger partial charge on any atom is 0.387 e. The van der Waals surface area contributed by atoms with Crippen LogP contribution in [0.25, 0.3) is 16.9 Å². The van der Waals surface area contributed by atoms with E-state index in [1.54, 1.807) is 41.0 Å². The summed E-state index contributed by atoms with van der Waals surface area (Å²) in [6.45, 7) is -3.00. The Labute approximate surface area is 163 Å². The van der Waals surface area contributed by atoms with Gasteiger partial charge in [0.25, 0.3) is 5.88 Å². The van der Waals surface area contributed by atoms with E-state index in [1.165, 1.54) is 19.4 Å². The lowest BCUT2D eigenvalue weighted by molar-refractivity contribution is -0.0515. The number of rotatable bonds is 6. The highest BCUT2D eigenvalue weighted by molar-refractivity contribution is 5.65. The van der Waals surface area contributed by atoms with Gasteiger partial charge in [0.2, 0.25) is 0 Å². The number of methoxy groups -OCH3 is 1. The van der Waals surface area contributed by atoms with E-state index in [9.17, 15) is 8.78 Å². The zero-order valence-electron chi connectivity index (χ0n) is 15.1. The fraction of sp³-hybridized carbons (Fsp3) is 0.111. The molecule has 4 aromatic heterocycles. The van der Waals surface area contributed by atoms with Crippen LogP contribution >= 0.6 is 0 Å². The van der Waals surface area contributed by atoms with Crippen LogP contribution in [0.2, 0.25) is 0 Å². The summed E-state index contributed by atoms with van der Waals surface area (Å²) < 4.78 is 36.2. The minimum Gasteiger partial charge on any atom is -0.478 e. The van der Waals surface area contributed by atoms with E-state index in [1.807, 2.05) is 0 Å². The molecule has 0 spiro atoms. The van der Waals surface area contributed by atoms with Crippen molar-refractivity contribution in [2.24, 2.45) is 0 Å². The normalized spacial score (nSPS) is 11.0. The number of hydrogen-bond donors (Lipinski definition) is 2. The average Bonchev–Trinajstić information content (AvgIpc) is 3.08. The van der Waals surface area contributed by atoms with Gasteiger partial charge in [-0.3, -0.25) is 0 Å². The van der Waals surface area contributed by atoms with Crippen molar-refractivity contribution in [3.8, 4) is 22.9 Å². The minimum absolute atomic E-state index is 0.0411. The number of hydrogen-bond acceptors (Lipinski definition) is 8. The summed E-state index contributed by atoms with van der Waals surface area (Å²) in [6.07, 6.45) is 3.15. The Morgan fingerprint density at radius 1 is 1.14 bits per heavy atom. The molecule has 0 aliphatic carbocycles. The van der Waals surface area contributed by atoms with Gasteiger partial charge in [0, 0.05) is 24.0 Å². The van der Waals surface area contributed by atoms with Gasteiger partial charge < -0.3 is 20.5 Å². The first-order valence-corrected chi connectivity index (χ1v) is 8.37. The van der Waals surface area contributed by atoms with Gasteiger partial charge >= 0.3 is 6.61 Å². The molecule has 0 aromatic carbocycles. The smallest absolute Gasteiger partial charge is 0.387 e. The molecule has 0 fully saturated rings. The molecule has 29 heavy (non-hydrogen) atoms. The highest BCUT2D eigenvalue weighted by Gasteiger charge is 2.14. The molecule has 148 valence electrons. The third-order valence-corrected chi connectivity index (χ3v) is 3.87. The third-order valence-electron chi connectivity index (χ3n) is 3.87. The summed E-state index contributed by atoms with van der Waals surface area (Å²) in [4.78, 5) is 12.6. The summed E-state index contributed by atoms with van der Waals surface area (Å²) in [6, 6.07) is 9.99. The molecule has 4 heterocycles. The Balaban J connectivity index is 1.65. The van der Waals surface area contributed by atoms with Crippen molar-refractivity contribution < 1.29 is 18.3 Å². The van der Waals surface area contributed by atoms with Crippen LogP contribution in [0.4, 0.5) is 26.2 Å². The number of ether oxygens (including phenoxy) is 2. The molecule has 11 heteroatoms. The van der Waals surface area contributed by atoms with Crippen LogP contribution in [-0.2, 0) is 0 Å². The number of aromatic nitrogens is 5. The molecule has 4 aromatic rings. The number of nitrogens with two attached hydrogens (primary N) is 1. The highest BCUT2D eigenvalue weighted by Crippen LogP contribution is 2.31. The zero-order chi connectivity index (χ0) is 20.4. The van der Waals surface area contributed by atoms with Gasteiger partial charge in [0.05, 0.1) is 12.8 Å². The molecule has 0 atom stereocenters. The lowest BCUT2D eigenvalue weighted by Gasteiger charge is -2.10. The highest BCUT2D eigenvalue weighted by atomic mass is 19.3. The molecule has 0 radical (unpaired) electrons. The van der Waals surface area contributed by atoms with Crippen molar-refractivity contribution >= 4 is 23.1 Å². The van der Waals surface area contributed by atoms with Crippen LogP contribution in [0.3, 0.4) is 0 Å². The van der Waals surface area contributed by atoms with Gasteiger partial charge in [-0.2, -0.15) is 8.78 Å². The molecule has 0 amide bonds. The SMILES string of the molecule is COc1ncc(-c2ccn3nc(Nc4cccc(N)n4)cc3n2)cc1OC(F)F. The summed E-state index contributed by atoms with van der Waals surface area (Å²) in [5, 5.41) is 7.40. The van der Waals surface area contributed by atoms with Crippen LogP contribution in [0.1, 0.15) is 0 Å². The van der Waals surface area contributed by atoms with E-state index in [0.717, 1.165) is 0 Å². The Morgan fingerprint density at radius 3 is 2.76 bits per heavy atom. The molecule has 0 saturated heterocycles. The number of nitrogens with one attached hydrogen (secondary N) is 1. The van der Waals surface area contributed by atoms with Crippen molar-refractivity contribution in [2.45, 2.75) is 6.61 Å². The van der Waals surface area contributed by atoms with Crippen LogP contribution in [0.5, 0.6) is 11.6 Å². The number of nitrogens with zero attached hydrogens (tertiary/aromatic N) is 5. The lowest BCUT2D eigenvalue weighted by atomic mass is 10.2. The number of anilines is 3. The fourth-order valence-electron chi connectivity index (χ4n) is 2.66. The van der Waals surface area contributed by atoms with E-state index < -0.39 is 6.61 Å². The molecular weight excluding hydrogens is 384 g/mol. The molecule has 0 aliphatic rings. The molecule has 0 unspecified atom stereocenters. The second kappa shape index (κ2) is 7.54. The molecule has 0 aliphatic heterocycles. The summed E-state index contributed by atoms with van der Waals surface area (Å²) >= 11 is 0. The monoisotopic (exact) mass is 399 g/mol. The molecule has 0 saturated carbocycles. The Bertz CT molecular complexity index is 1170. The quantitative estimate of drug-likeness (QED) is 0.509. The second-order valence-electron chi connectivity index (χ2n) is 5.83. The summed E-state index contributed by atoms with van der Waals surface area (Å²) in [7, 11) is 1.32. The first-order chi connectivity index (χ1) is 14.0. The fourth-order valence-corrected chi connectivity index (χ4v) is 2.66. The number of pyridine rings is 2. The summed E-state index contributed by atoms with van der Waals surface area (Å²) in [5.74, 6) is 1.22. The van der Waals surface area contributed by atoms with Gasteiger partial charge in [-0.25, -0.2) is 19.5 Å². The predicted molar refractivity (Wildman–Crippen MR) is 101 cm³/mol.